The number of hydrogen-bond donors (Lipinski definition) is 0. The SMILES string of the molecule is COc1ccc2cc(F)sc2c1OC. The normalized spacial score (nSPS) is 10.5. The first-order chi connectivity index (χ1) is 6.76. The Morgan fingerprint density at radius 2 is 2.00 bits per heavy atom. The molecule has 2 nitrogen and oxygen atoms in total. The third-order valence-corrected chi connectivity index (χ3v) is 2.94. The smallest absolute Gasteiger partial charge is 0.178 e. The fourth-order valence-corrected chi connectivity index (χ4v) is 2.28. The second-order valence-electron chi connectivity index (χ2n) is 2.77. The van der Waals surface area contributed by atoms with E-state index in [0.717, 1.165) is 21.4 Å². The molecule has 74 valence electrons. The standard InChI is InChI=1S/C10H9FO2S/c1-12-7-4-3-6-5-8(11)14-10(6)9(7)13-2/h3-5H,1-2H3. The molecular formula is C10H9FO2S. The summed E-state index contributed by atoms with van der Waals surface area (Å²) in [7, 11) is 3.11. The van der Waals surface area contributed by atoms with Gasteiger partial charge in [0.05, 0.1) is 18.9 Å². The highest BCUT2D eigenvalue weighted by atomic mass is 32.1. The van der Waals surface area contributed by atoms with E-state index in [0.29, 0.717) is 11.5 Å². The molecule has 0 aliphatic heterocycles. The van der Waals surface area contributed by atoms with E-state index >= 15 is 0 Å². The first-order valence-electron chi connectivity index (χ1n) is 4.06. The lowest BCUT2D eigenvalue weighted by Crippen LogP contribution is -1.89. The van der Waals surface area contributed by atoms with Crippen molar-refractivity contribution in [1.29, 1.82) is 0 Å². The van der Waals surface area contributed by atoms with Gasteiger partial charge in [0, 0.05) is 0 Å². The van der Waals surface area contributed by atoms with Crippen molar-refractivity contribution < 1.29 is 13.9 Å². The first-order valence-corrected chi connectivity index (χ1v) is 4.88. The van der Waals surface area contributed by atoms with Crippen molar-refractivity contribution in [1.82, 2.24) is 0 Å². The highest BCUT2D eigenvalue weighted by molar-refractivity contribution is 7.18. The molecule has 0 amide bonds. The Morgan fingerprint density at radius 1 is 1.21 bits per heavy atom. The van der Waals surface area contributed by atoms with E-state index in [1.165, 1.54) is 6.07 Å². The van der Waals surface area contributed by atoms with Crippen molar-refractivity contribution in [3.05, 3.63) is 23.3 Å². The van der Waals surface area contributed by atoms with Crippen LogP contribution in [-0.4, -0.2) is 14.2 Å². The Bertz CT molecular complexity index is 464. The molecule has 0 atom stereocenters. The number of halogens is 1. The van der Waals surface area contributed by atoms with E-state index in [1.54, 1.807) is 20.3 Å². The molecule has 1 aromatic carbocycles. The topological polar surface area (TPSA) is 18.5 Å². The van der Waals surface area contributed by atoms with Crippen LogP contribution in [0.25, 0.3) is 10.1 Å². The summed E-state index contributed by atoms with van der Waals surface area (Å²) in [4.78, 5) is 0. The van der Waals surface area contributed by atoms with Crippen LogP contribution >= 0.6 is 11.3 Å². The number of rotatable bonds is 2. The van der Waals surface area contributed by atoms with Crippen molar-refractivity contribution in [2.45, 2.75) is 0 Å². The van der Waals surface area contributed by atoms with E-state index in [1.807, 2.05) is 6.07 Å². The Labute approximate surface area is 84.9 Å². The lowest BCUT2D eigenvalue weighted by atomic mass is 10.2. The molecule has 0 fully saturated rings. The molecule has 0 N–H and O–H groups in total. The van der Waals surface area contributed by atoms with Crippen LogP contribution in [0, 0.1) is 5.13 Å². The predicted molar refractivity (Wildman–Crippen MR) is 54.9 cm³/mol. The third-order valence-electron chi connectivity index (χ3n) is 2.00. The van der Waals surface area contributed by atoms with Gasteiger partial charge in [-0.05, 0) is 23.6 Å². The monoisotopic (exact) mass is 212 g/mol. The van der Waals surface area contributed by atoms with Gasteiger partial charge in [-0.15, -0.1) is 11.3 Å². The lowest BCUT2D eigenvalue weighted by molar-refractivity contribution is 0.359. The van der Waals surface area contributed by atoms with E-state index in [2.05, 4.69) is 0 Å². The average molecular weight is 212 g/mol. The van der Waals surface area contributed by atoms with Crippen LogP contribution in [0.5, 0.6) is 11.5 Å². The number of thiophene rings is 1. The van der Waals surface area contributed by atoms with Gasteiger partial charge in [-0.2, -0.15) is 4.39 Å². The van der Waals surface area contributed by atoms with Crippen LogP contribution in [0.1, 0.15) is 0 Å². The van der Waals surface area contributed by atoms with Gasteiger partial charge in [0.25, 0.3) is 0 Å². The zero-order valence-electron chi connectivity index (χ0n) is 7.83. The number of ether oxygens (including phenoxy) is 2. The molecule has 2 aromatic rings. The maximum absolute atomic E-state index is 13.0. The Hall–Kier alpha value is -1.29. The van der Waals surface area contributed by atoms with Gasteiger partial charge in [0.15, 0.2) is 16.6 Å². The van der Waals surface area contributed by atoms with Gasteiger partial charge in [0.1, 0.15) is 0 Å². The third kappa shape index (κ3) is 1.32. The Kier molecular flexibility index (Phi) is 2.29. The minimum atomic E-state index is -0.216. The number of hydrogen-bond acceptors (Lipinski definition) is 3. The highest BCUT2D eigenvalue weighted by Gasteiger charge is 2.11. The van der Waals surface area contributed by atoms with Crippen molar-refractivity contribution in [3.63, 3.8) is 0 Å². The molecule has 14 heavy (non-hydrogen) atoms. The Balaban J connectivity index is 2.75. The molecule has 4 heteroatoms. The molecule has 1 aromatic heterocycles. The molecule has 0 bridgehead atoms. The molecule has 0 saturated carbocycles. The van der Waals surface area contributed by atoms with Crippen LogP contribution in [0.4, 0.5) is 4.39 Å². The molecule has 2 rings (SSSR count). The minimum absolute atomic E-state index is 0.216. The summed E-state index contributed by atoms with van der Waals surface area (Å²) in [5, 5.41) is 0.622. The van der Waals surface area contributed by atoms with Crippen LogP contribution in [0.3, 0.4) is 0 Å². The van der Waals surface area contributed by atoms with Crippen LogP contribution in [-0.2, 0) is 0 Å². The van der Waals surface area contributed by atoms with Crippen molar-refractivity contribution in [2.75, 3.05) is 14.2 Å². The number of methoxy groups -OCH3 is 2. The average Bonchev–Trinajstić information content (AvgIpc) is 2.56. The van der Waals surface area contributed by atoms with Gasteiger partial charge >= 0.3 is 0 Å². The van der Waals surface area contributed by atoms with Crippen molar-refractivity contribution in [3.8, 4) is 11.5 Å². The van der Waals surface area contributed by atoms with Crippen LogP contribution < -0.4 is 9.47 Å². The minimum Gasteiger partial charge on any atom is -0.493 e. The van der Waals surface area contributed by atoms with E-state index < -0.39 is 0 Å². The Morgan fingerprint density at radius 3 is 2.64 bits per heavy atom. The van der Waals surface area contributed by atoms with Crippen LogP contribution in [0.2, 0.25) is 0 Å². The molecule has 0 saturated heterocycles. The zero-order chi connectivity index (χ0) is 10.1. The molecule has 1 heterocycles. The summed E-state index contributed by atoms with van der Waals surface area (Å²) in [6, 6.07) is 5.07. The summed E-state index contributed by atoms with van der Waals surface area (Å²) >= 11 is 1.06. The van der Waals surface area contributed by atoms with Gasteiger partial charge < -0.3 is 9.47 Å². The fourth-order valence-electron chi connectivity index (χ4n) is 1.38. The summed E-state index contributed by atoms with van der Waals surface area (Å²) in [5.41, 5.74) is 0. The molecule has 0 radical (unpaired) electrons. The van der Waals surface area contributed by atoms with E-state index in [-0.39, 0.29) is 5.13 Å². The summed E-state index contributed by atoms with van der Waals surface area (Å²) in [5.74, 6) is 1.22. The maximum atomic E-state index is 13.0. The summed E-state index contributed by atoms with van der Waals surface area (Å²) in [6.07, 6.45) is 0. The molecule has 0 spiro atoms. The van der Waals surface area contributed by atoms with Crippen molar-refractivity contribution >= 4 is 21.4 Å². The molecule has 0 aliphatic rings. The van der Waals surface area contributed by atoms with Crippen molar-refractivity contribution in [2.24, 2.45) is 0 Å². The first kappa shape index (κ1) is 9.27. The van der Waals surface area contributed by atoms with Gasteiger partial charge in [-0.25, -0.2) is 0 Å². The van der Waals surface area contributed by atoms with E-state index in [4.69, 9.17) is 9.47 Å². The van der Waals surface area contributed by atoms with Gasteiger partial charge in [-0.1, -0.05) is 0 Å². The van der Waals surface area contributed by atoms with Gasteiger partial charge in [-0.3, -0.25) is 0 Å². The van der Waals surface area contributed by atoms with E-state index in [9.17, 15) is 4.39 Å². The largest absolute Gasteiger partial charge is 0.493 e. The second-order valence-corrected chi connectivity index (χ2v) is 3.77. The zero-order valence-corrected chi connectivity index (χ0v) is 8.65. The fraction of sp³-hybridized carbons (Fsp3) is 0.200. The highest BCUT2D eigenvalue weighted by Crippen LogP contribution is 2.39. The maximum Gasteiger partial charge on any atom is 0.178 e. The van der Waals surface area contributed by atoms with Gasteiger partial charge in [0.2, 0.25) is 0 Å². The second kappa shape index (κ2) is 3.46. The molecule has 0 aliphatic carbocycles. The molecule has 0 unspecified atom stereocenters. The number of benzene rings is 1. The quantitative estimate of drug-likeness (QED) is 0.761. The molecular weight excluding hydrogens is 203 g/mol. The summed E-state index contributed by atoms with van der Waals surface area (Å²) in [6.45, 7) is 0. The predicted octanol–water partition coefficient (Wildman–Crippen LogP) is 3.06. The lowest BCUT2D eigenvalue weighted by Gasteiger charge is -2.07. The summed E-state index contributed by atoms with van der Waals surface area (Å²) < 4.78 is 24.1. The number of fused-ring (bicyclic) bond motifs is 1. The van der Waals surface area contributed by atoms with Crippen LogP contribution in [0.15, 0.2) is 18.2 Å².